The third-order valence-electron chi connectivity index (χ3n) is 0.788. The van der Waals surface area contributed by atoms with Crippen LogP contribution in [0.15, 0.2) is 0 Å². The van der Waals surface area contributed by atoms with Crippen LogP contribution in [0.1, 0.15) is 54.4 Å². The predicted molar refractivity (Wildman–Crippen MR) is 56.7 cm³/mol. The number of hydrogen-bond acceptors (Lipinski definition) is 2. The highest BCUT2D eigenvalue weighted by atomic mass is 16.5. The molecule has 1 saturated heterocycles. The quantitative estimate of drug-likeness (QED) is 0.545. The van der Waals surface area contributed by atoms with Gasteiger partial charge in [-0.3, -0.25) is 4.79 Å². The van der Waals surface area contributed by atoms with Gasteiger partial charge in [0.1, 0.15) is 0 Å². The molecule has 0 amide bonds. The molecule has 0 unspecified atom stereocenters. The van der Waals surface area contributed by atoms with Gasteiger partial charge in [-0.25, -0.2) is 0 Å². The lowest BCUT2D eigenvalue weighted by Gasteiger charge is -2.05. The molecule has 80 valence electrons. The van der Waals surface area contributed by atoms with Crippen LogP contribution < -0.4 is 0 Å². The fourth-order valence-electron chi connectivity index (χ4n) is 0.475. The predicted octanol–water partition coefficient (Wildman–Crippen LogP) is 3.40. The molecule has 2 heteroatoms. The molecule has 1 aliphatic heterocycles. The van der Waals surface area contributed by atoms with E-state index in [2.05, 4.69) is 32.4 Å². The number of ether oxygens (including phenoxy) is 1. The van der Waals surface area contributed by atoms with Crippen molar-refractivity contribution in [3.8, 4) is 0 Å². The Balaban J connectivity index is 0. The second-order valence-electron chi connectivity index (χ2n) is 4.32. The van der Waals surface area contributed by atoms with Gasteiger partial charge in [0.2, 0.25) is 0 Å². The van der Waals surface area contributed by atoms with Gasteiger partial charge >= 0.3 is 5.97 Å². The van der Waals surface area contributed by atoms with Gasteiger partial charge in [-0.15, -0.1) is 0 Å². The second-order valence-corrected chi connectivity index (χ2v) is 4.32. The van der Waals surface area contributed by atoms with E-state index in [1.165, 1.54) is 0 Å². The van der Waals surface area contributed by atoms with Crippen LogP contribution >= 0.6 is 0 Å². The largest absolute Gasteiger partial charge is 0.466 e. The summed E-state index contributed by atoms with van der Waals surface area (Å²) in [4.78, 5) is 10.0. The molecule has 1 rings (SSSR count). The average molecular weight is 188 g/mol. The molecule has 0 aromatic carbocycles. The minimum atomic E-state index is -0.0463. The first kappa shape index (κ1) is 15.0. The van der Waals surface area contributed by atoms with Gasteiger partial charge in [-0.1, -0.05) is 41.5 Å². The Bertz CT molecular complexity index is 109. The summed E-state index contributed by atoms with van der Waals surface area (Å²) in [5, 5.41) is 0. The van der Waals surface area contributed by atoms with Crippen LogP contribution in [0.2, 0.25) is 0 Å². The Morgan fingerprint density at radius 3 is 1.62 bits per heavy atom. The van der Waals surface area contributed by atoms with Crippen molar-refractivity contribution in [1.82, 2.24) is 0 Å². The summed E-state index contributed by atoms with van der Waals surface area (Å²) in [6.45, 7) is 13.4. The van der Waals surface area contributed by atoms with Crippen molar-refractivity contribution in [2.75, 3.05) is 6.61 Å². The molecule has 0 bridgehead atoms. The zero-order valence-corrected chi connectivity index (χ0v) is 9.94. The number of carbonyl (C=O) groups excluding carboxylic acids is 1. The van der Waals surface area contributed by atoms with Crippen molar-refractivity contribution in [2.24, 2.45) is 5.41 Å². The zero-order chi connectivity index (χ0) is 10.9. The van der Waals surface area contributed by atoms with Crippen LogP contribution in [-0.4, -0.2) is 12.6 Å². The van der Waals surface area contributed by atoms with Crippen LogP contribution in [0.25, 0.3) is 0 Å². The smallest absolute Gasteiger partial charge is 0.305 e. The summed E-state index contributed by atoms with van der Waals surface area (Å²) in [5.41, 5.74) is 0.500. The summed E-state index contributed by atoms with van der Waals surface area (Å²) >= 11 is 0. The van der Waals surface area contributed by atoms with Crippen molar-refractivity contribution in [1.29, 1.82) is 0 Å². The Morgan fingerprint density at radius 2 is 1.54 bits per heavy atom. The number of esters is 1. The first-order valence-corrected chi connectivity index (χ1v) is 5.05. The maximum atomic E-state index is 10.0. The van der Waals surface area contributed by atoms with Crippen molar-refractivity contribution in [3.05, 3.63) is 0 Å². The van der Waals surface area contributed by atoms with E-state index < -0.39 is 0 Å². The summed E-state index contributed by atoms with van der Waals surface area (Å²) in [5.74, 6) is -0.0463. The van der Waals surface area contributed by atoms with Crippen LogP contribution in [-0.2, 0) is 9.53 Å². The number of carbonyl (C=O) groups is 1. The topological polar surface area (TPSA) is 26.3 Å². The van der Waals surface area contributed by atoms with E-state index in [0.717, 1.165) is 6.42 Å². The first-order valence-electron chi connectivity index (χ1n) is 5.05. The number of hydrogen-bond donors (Lipinski definition) is 0. The van der Waals surface area contributed by atoms with E-state index in [1.807, 2.05) is 13.8 Å². The van der Waals surface area contributed by atoms with E-state index in [9.17, 15) is 4.79 Å². The first-order chi connectivity index (χ1) is 5.89. The summed E-state index contributed by atoms with van der Waals surface area (Å²) in [6.07, 6.45) is 1.54. The maximum absolute atomic E-state index is 10.0. The third-order valence-corrected chi connectivity index (χ3v) is 0.788. The van der Waals surface area contributed by atoms with E-state index in [-0.39, 0.29) is 5.97 Å². The Kier molecular flexibility index (Phi) is 9.31. The van der Waals surface area contributed by atoms with Gasteiger partial charge in [0.25, 0.3) is 0 Å². The van der Waals surface area contributed by atoms with Crippen LogP contribution in [0, 0.1) is 5.41 Å². The molecule has 1 fully saturated rings. The molecule has 0 aromatic rings. The van der Waals surface area contributed by atoms with Gasteiger partial charge in [-0.2, -0.15) is 0 Å². The normalized spacial score (nSPS) is 14.8. The number of cyclic esters (lactones) is 1. The molecule has 0 aromatic heterocycles. The standard InChI is InChI=1S/C5H12.C4H6O2.C2H6/c1-5(2,3)4;5-4-2-1-3-6-4;1-2/h1-4H3;1-3H2;1-2H3. The Labute approximate surface area is 82.7 Å². The van der Waals surface area contributed by atoms with Gasteiger partial charge in [0.15, 0.2) is 0 Å². The molecule has 1 heterocycles. The highest BCUT2D eigenvalue weighted by molar-refractivity contribution is 5.70. The van der Waals surface area contributed by atoms with Crippen LogP contribution in [0.3, 0.4) is 0 Å². The second kappa shape index (κ2) is 8.09. The lowest BCUT2D eigenvalue weighted by Crippen LogP contribution is -1.93. The van der Waals surface area contributed by atoms with Crippen LogP contribution in [0.4, 0.5) is 0 Å². The minimum Gasteiger partial charge on any atom is -0.466 e. The van der Waals surface area contributed by atoms with Gasteiger partial charge in [-0.05, 0) is 11.8 Å². The molecule has 13 heavy (non-hydrogen) atoms. The molecule has 0 N–H and O–H groups in total. The van der Waals surface area contributed by atoms with E-state index >= 15 is 0 Å². The number of rotatable bonds is 0. The lowest BCUT2D eigenvalue weighted by atomic mass is 10.0. The van der Waals surface area contributed by atoms with Gasteiger partial charge < -0.3 is 4.74 Å². The SMILES string of the molecule is CC.CC(C)(C)C.O=C1CCCO1. The summed E-state index contributed by atoms with van der Waals surface area (Å²) in [6, 6.07) is 0. The molecule has 0 aliphatic carbocycles. The minimum absolute atomic E-state index is 0.0463. The Hall–Kier alpha value is -0.530. The van der Waals surface area contributed by atoms with E-state index in [1.54, 1.807) is 0 Å². The van der Waals surface area contributed by atoms with Crippen molar-refractivity contribution in [2.45, 2.75) is 54.4 Å². The average Bonchev–Trinajstić information content (AvgIpc) is 2.40. The van der Waals surface area contributed by atoms with E-state index in [4.69, 9.17) is 0 Å². The molecular weight excluding hydrogens is 164 g/mol. The third kappa shape index (κ3) is 24.6. The van der Waals surface area contributed by atoms with Gasteiger partial charge in [0.05, 0.1) is 6.61 Å². The zero-order valence-electron chi connectivity index (χ0n) is 9.94. The summed E-state index contributed by atoms with van der Waals surface area (Å²) < 4.78 is 4.51. The van der Waals surface area contributed by atoms with Crippen molar-refractivity contribution in [3.63, 3.8) is 0 Å². The molecule has 1 aliphatic rings. The van der Waals surface area contributed by atoms with E-state index in [0.29, 0.717) is 18.4 Å². The van der Waals surface area contributed by atoms with Gasteiger partial charge in [0, 0.05) is 6.42 Å². The fraction of sp³-hybridized carbons (Fsp3) is 0.909. The lowest BCUT2D eigenvalue weighted by molar-refractivity contribution is -0.137. The molecule has 0 spiro atoms. The maximum Gasteiger partial charge on any atom is 0.305 e. The monoisotopic (exact) mass is 188 g/mol. The van der Waals surface area contributed by atoms with Crippen LogP contribution in [0.5, 0.6) is 0 Å². The fourth-order valence-corrected chi connectivity index (χ4v) is 0.475. The highest BCUT2D eigenvalue weighted by Crippen LogP contribution is 2.08. The molecule has 0 saturated carbocycles. The molecule has 2 nitrogen and oxygen atoms in total. The molecular formula is C11H24O2. The molecule has 0 atom stereocenters. The Morgan fingerprint density at radius 1 is 1.15 bits per heavy atom. The molecule has 0 radical (unpaired) electrons. The summed E-state index contributed by atoms with van der Waals surface area (Å²) in [7, 11) is 0. The van der Waals surface area contributed by atoms with Crippen molar-refractivity contribution < 1.29 is 9.53 Å². The highest BCUT2D eigenvalue weighted by Gasteiger charge is 2.08. The van der Waals surface area contributed by atoms with Crippen molar-refractivity contribution >= 4 is 5.97 Å².